The number of hydrogen-bond donors (Lipinski definition) is 1. The van der Waals surface area contributed by atoms with Gasteiger partial charge < -0.3 is 4.74 Å². The Hall–Kier alpha value is -1.77. The Kier molecular flexibility index (Phi) is 6.54. The third kappa shape index (κ3) is 5.12. The lowest BCUT2D eigenvalue weighted by Gasteiger charge is -2.13. The van der Waals surface area contributed by atoms with Gasteiger partial charge in [0.05, 0.1) is 17.2 Å². The first kappa shape index (κ1) is 20.5. The standard InChI is InChI=1S/C17H17ClF3NO3S/c1-2-25-15-6-4-3-5-12(15)9-10-22-26(23,24)16-11-13(17(19,20)21)7-8-14(16)18/h3-8,11,22H,2,9-10H2,1H3. The van der Waals surface area contributed by atoms with Gasteiger partial charge in [-0.05, 0) is 43.2 Å². The summed E-state index contributed by atoms with van der Waals surface area (Å²) in [5.74, 6) is 0.631. The van der Waals surface area contributed by atoms with Crippen molar-refractivity contribution in [1.82, 2.24) is 4.72 Å². The summed E-state index contributed by atoms with van der Waals surface area (Å²) in [6.45, 7) is 2.27. The summed E-state index contributed by atoms with van der Waals surface area (Å²) >= 11 is 5.79. The Bertz CT molecular complexity index is 870. The zero-order valence-electron chi connectivity index (χ0n) is 13.8. The fraction of sp³-hybridized carbons (Fsp3) is 0.294. The Balaban J connectivity index is 2.15. The van der Waals surface area contributed by atoms with Gasteiger partial charge in [-0.25, -0.2) is 13.1 Å². The lowest BCUT2D eigenvalue weighted by atomic mass is 10.1. The highest BCUT2D eigenvalue weighted by molar-refractivity contribution is 7.89. The maximum absolute atomic E-state index is 12.8. The summed E-state index contributed by atoms with van der Waals surface area (Å²) in [6, 6.07) is 9.31. The van der Waals surface area contributed by atoms with E-state index in [0.717, 1.165) is 17.7 Å². The van der Waals surface area contributed by atoms with E-state index in [1.165, 1.54) is 0 Å². The van der Waals surface area contributed by atoms with E-state index in [4.69, 9.17) is 16.3 Å². The highest BCUT2D eigenvalue weighted by Crippen LogP contribution is 2.33. The molecular formula is C17H17ClF3NO3S. The van der Waals surface area contributed by atoms with Crippen LogP contribution in [0.4, 0.5) is 13.2 Å². The number of nitrogens with one attached hydrogen (secondary N) is 1. The van der Waals surface area contributed by atoms with Gasteiger partial charge >= 0.3 is 6.18 Å². The zero-order valence-corrected chi connectivity index (χ0v) is 15.4. The molecule has 2 aromatic carbocycles. The average molecular weight is 408 g/mol. The van der Waals surface area contributed by atoms with Gasteiger partial charge in [0.25, 0.3) is 0 Å². The van der Waals surface area contributed by atoms with E-state index in [0.29, 0.717) is 24.8 Å². The minimum Gasteiger partial charge on any atom is -0.494 e. The molecule has 0 saturated heterocycles. The Labute approximate surface area is 155 Å². The van der Waals surface area contributed by atoms with Gasteiger partial charge in [0.1, 0.15) is 10.6 Å². The first-order valence-corrected chi connectivity index (χ1v) is 9.58. The fourth-order valence-electron chi connectivity index (χ4n) is 2.29. The van der Waals surface area contributed by atoms with E-state index in [1.54, 1.807) is 24.3 Å². The molecule has 0 radical (unpaired) electrons. The molecule has 9 heteroatoms. The highest BCUT2D eigenvalue weighted by atomic mass is 35.5. The molecule has 26 heavy (non-hydrogen) atoms. The second-order valence-corrected chi connectivity index (χ2v) is 7.47. The van der Waals surface area contributed by atoms with Crippen molar-refractivity contribution in [3.8, 4) is 5.75 Å². The summed E-state index contributed by atoms with van der Waals surface area (Å²) < 4.78 is 70.8. The quantitative estimate of drug-likeness (QED) is 0.745. The second-order valence-electron chi connectivity index (χ2n) is 5.33. The second kappa shape index (κ2) is 8.28. The number of halogens is 4. The molecule has 0 unspecified atom stereocenters. The molecule has 0 amide bonds. The van der Waals surface area contributed by atoms with Crippen LogP contribution in [0.5, 0.6) is 5.75 Å². The first-order valence-electron chi connectivity index (χ1n) is 7.72. The molecule has 0 spiro atoms. The number of rotatable bonds is 7. The number of alkyl halides is 3. The smallest absolute Gasteiger partial charge is 0.416 e. The van der Waals surface area contributed by atoms with Crippen LogP contribution in [0.15, 0.2) is 47.4 Å². The van der Waals surface area contributed by atoms with Crippen LogP contribution >= 0.6 is 11.6 Å². The minimum atomic E-state index is -4.66. The number of benzene rings is 2. The third-order valence-corrected chi connectivity index (χ3v) is 5.45. The molecule has 0 aliphatic heterocycles. The van der Waals surface area contributed by atoms with E-state index >= 15 is 0 Å². The number of hydrogen-bond acceptors (Lipinski definition) is 3. The van der Waals surface area contributed by atoms with Crippen molar-refractivity contribution < 1.29 is 26.3 Å². The van der Waals surface area contributed by atoms with Crippen molar-refractivity contribution >= 4 is 21.6 Å². The van der Waals surface area contributed by atoms with Crippen molar-refractivity contribution in [2.24, 2.45) is 0 Å². The van der Waals surface area contributed by atoms with Crippen LogP contribution in [0.25, 0.3) is 0 Å². The average Bonchev–Trinajstić information content (AvgIpc) is 2.55. The third-order valence-electron chi connectivity index (χ3n) is 3.51. The predicted molar refractivity (Wildman–Crippen MR) is 93.0 cm³/mol. The number of ether oxygens (including phenoxy) is 1. The molecule has 0 aliphatic rings. The SMILES string of the molecule is CCOc1ccccc1CCNS(=O)(=O)c1cc(C(F)(F)F)ccc1Cl. The van der Waals surface area contributed by atoms with Gasteiger partial charge in [0.15, 0.2) is 0 Å². The van der Waals surface area contributed by atoms with Crippen LogP contribution in [-0.2, 0) is 22.6 Å². The topological polar surface area (TPSA) is 55.4 Å². The van der Waals surface area contributed by atoms with E-state index in [-0.39, 0.29) is 11.6 Å². The highest BCUT2D eigenvalue weighted by Gasteiger charge is 2.32. The molecule has 0 atom stereocenters. The van der Waals surface area contributed by atoms with E-state index in [1.807, 2.05) is 6.92 Å². The van der Waals surface area contributed by atoms with Crippen LogP contribution in [0.2, 0.25) is 5.02 Å². The summed E-state index contributed by atoms with van der Waals surface area (Å²) in [7, 11) is -4.19. The van der Waals surface area contributed by atoms with Gasteiger partial charge in [-0.3, -0.25) is 0 Å². The largest absolute Gasteiger partial charge is 0.494 e. The predicted octanol–water partition coefficient (Wildman–Crippen LogP) is 4.28. The van der Waals surface area contributed by atoms with Crippen molar-refractivity contribution in [1.29, 1.82) is 0 Å². The van der Waals surface area contributed by atoms with Crippen molar-refractivity contribution in [2.75, 3.05) is 13.2 Å². The van der Waals surface area contributed by atoms with Crippen molar-refractivity contribution in [3.63, 3.8) is 0 Å². The molecule has 0 bridgehead atoms. The monoisotopic (exact) mass is 407 g/mol. The van der Waals surface area contributed by atoms with E-state index in [9.17, 15) is 21.6 Å². The normalized spacial score (nSPS) is 12.2. The minimum absolute atomic E-state index is 0.0149. The molecule has 2 aromatic rings. The van der Waals surface area contributed by atoms with Crippen LogP contribution < -0.4 is 9.46 Å². The molecule has 4 nitrogen and oxygen atoms in total. The van der Waals surface area contributed by atoms with Crippen LogP contribution in [0, 0.1) is 0 Å². The van der Waals surface area contributed by atoms with Gasteiger partial charge in [-0.1, -0.05) is 29.8 Å². The number of para-hydroxylation sites is 1. The molecule has 2 rings (SSSR count). The van der Waals surface area contributed by atoms with E-state index in [2.05, 4.69) is 4.72 Å². The van der Waals surface area contributed by atoms with Gasteiger partial charge in [-0.15, -0.1) is 0 Å². The Morgan fingerprint density at radius 2 is 1.85 bits per heavy atom. The maximum atomic E-state index is 12.8. The molecule has 0 aromatic heterocycles. The Morgan fingerprint density at radius 3 is 2.50 bits per heavy atom. The fourth-order valence-corrected chi connectivity index (χ4v) is 3.85. The van der Waals surface area contributed by atoms with Crippen LogP contribution in [0.3, 0.4) is 0 Å². The molecule has 142 valence electrons. The van der Waals surface area contributed by atoms with E-state index < -0.39 is 26.7 Å². The van der Waals surface area contributed by atoms with Gasteiger partial charge in [0.2, 0.25) is 10.0 Å². The molecule has 0 saturated carbocycles. The van der Waals surface area contributed by atoms with Crippen molar-refractivity contribution in [2.45, 2.75) is 24.4 Å². The Morgan fingerprint density at radius 1 is 1.15 bits per heavy atom. The zero-order chi connectivity index (χ0) is 19.4. The summed E-state index contributed by atoms with van der Waals surface area (Å²) in [4.78, 5) is -0.605. The summed E-state index contributed by atoms with van der Waals surface area (Å²) in [5, 5.41) is -0.278. The molecular weight excluding hydrogens is 391 g/mol. The van der Waals surface area contributed by atoms with Crippen LogP contribution in [-0.4, -0.2) is 21.6 Å². The first-order chi connectivity index (χ1) is 12.1. The molecule has 0 heterocycles. The van der Waals surface area contributed by atoms with Crippen LogP contribution in [0.1, 0.15) is 18.1 Å². The summed E-state index contributed by atoms with van der Waals surface area (Å²) in [6.07, 6.45) is -4.35. The number of sulfonamides is 1. The molecule has 1 N–H and O–H groups in total. The maximum Gasteiger partial charge on any atom is 0.416 e. The molecule has 0 aliphatic carbocycles. The van der Waals surface area contributed by atoms with Crippen molar-refractivity contribution in [3.05, 3.63) is 58.6 Å². The summed E-state index contributed by atoms with van der Waals surface area (Å²) in [5.41, 5.74) is -0.295. The lowest BCUT2D eigenvalue weighted by Crippen LogP contribution is -2.26. The molecule has 0 fully saturated rings. The van der Waals surface area contributed by atoms with Gasteiger partial charge in [-0.2, -0.15) is 13.2 Å². The lowest BCUT2D eigenvalue weighted by molar-refractivity contribution is -0.137. The van der Waals surface area contributed by atoms with Gasteiger partial charge in [0, 0.05) is 6.54 Å².